The summed E-state index contributed by atoms with van der Waals surface area (Å²) in [5, 5.41) is 3.03. The van der Waals surface area contributed by atoms with Gasteiger partial charge in [0.2, 0.25) is 0 Å². The Morgan fingerprint density at radius 2 is 2.21 bits per heavy atom. The minimum Gasteiger partial charge on any atom is -0.336 e. The molecular weight excluding hydrogens is 240 g/mol. The first-order chi connectivity index (χ1) is 9.34. The summed E-state index contributed by atoms with van der Waals surface area (Å²) in [5.41, 5.74) is 0. The highest BCUT2D eigenvalue weighted by Gasteiger charge is 2.37. The summed E-state index contributed by atoms with van der Waals surface area (Å²) in [6.07, 6.45) is 11.8. The molecule has 5 nitrogen and oxygen atoms in total. The van der Waals surface area contributed by atoms with E-state index in [1.165, 1.54) is 25.7 Å². The number of aromatic nitrogens is 2. The van der Waals surface area contributed by atoms with Gasteiger partial charge in [0, 0.05) is 38.1 Å². The topological polar surface area (TPSA) is 50.2 Å². The average Bonchev–Trinajstić information content (AvgIpc) is 2.97. The zero-order valence-corrected chi connectivity index (χ0v) is 11.3. The van der Waals surface area contributed by atoms with E-state index in [9.17, 15) is 4.79 Å². The Kier molecular flexibility index (Phi) is 3.71. The normalized spacial score (nSPS) is 23.4. The molecule has 0 bridgehead atoms. The Hall–Kier alpha value is -1.52. The summed E-state index contributed by atoms with van der Waals surface area (Å²) in [4.78, 5) is 18.3. The number of rotatable bonds is 4. The molecular formula is C14H22N4O. The highest BCUT2D eigenvalue weighted by atomic mass is 16.2. The van der Waals surface area contributed by atoms with Gasteiger partial charge in [-0.25, -0.2) is 9.78 Å². The van der Waals surface area contributed by atoms with Crippen molar-refractivity contribution in [1.82, 2.24) is 19.8 Å². The maximum Gasteiger partial charge on any atom is 0.317 e. The Labute approximate surface area is 114 Å². The van der Waals surface area contributed by atoms with Gasteiger partial charge in [-0.15, -0.1) is 0 Å². The van der Waals surface area contributed by atoms with Crippen LogP contribution in [0.15, 0.2) is 18.7 Å². The van der Waals surface area contributed by atoms with Crippen molar-refractivity contribution in [2.24, 2.45) is 5.92 Å². The predicted octanol–water partition coefficient (Wildman–Crippen LogP) is 1.86. The van der Waals surface area contributed by atoms with Crippen LogP contribution in [0.5, 0.6) is 0 Å². The fourth-order valence-corrected chi connectivity index (χ4v) is 3.17. The quantitative estimate of drug-likeness (QED) is 0.900. The van der Waals surface area contributed by atoms with Crippen molar-refractivity contribution in [1.29, 1.82) is 0 Å². The Morgan fingerprint density at radius 3 is 2.89 bits per heavy atom. The highest BCUT2D eigenvalue weighted by molar-refractivity contribution is 5.74. The largest absolute Gasteiger partial charge is 0.336 e. The van der Waals surface area contributed by atoms with Gasteiger partial charge in [0.05, 0.1) is 6.33 Å². The van der Waals surface area contributed by atoms with Gasteiger partial charge < -0.3 is 14.8 Å². The van der Waals surface area contributed by atoms with E-state index in [1.54, 1.807) is 12.5 Å². The molecule has 2 fully saturated rings. The fourth-order valence-electron chi connectivity index (χ4n) is 3.17. The second-order valence-corrected chi connectivity index (χ2v) is 5.63. The van der Waals surface area contributed by atoms with Crippen molar-refractivity contribution >= 4 is 6.03 Å². The molecule has 0 spiro atoms. The van der Waals surface area contributed by atoms with Gasteiger partial charge in [-0.1, -0.05) is 6.42 Å². The number of carbonyl (C=O) groups excluding carboxylic acids is 1. The van der Waals surface area contributed by atoms with Crippen molar-refractivity contribution in [3.8, 4) is 0 Å². The van der Waals surface area contributed by atoms with E-state index in [0.29, 0.717) is 12.6 Å². The lowest BCUT2D eigenvalue weighted by Gasteiger charge is -2.36. The number of imidazole rings is 1. The standard InChI is InChI=1S/C14H22N4O/c19-14(16-7-10-17-9-6-15-11-17)18-8-2-5-13(18)12-3-1-4-12/h6,9,11-13H,1-5,7-8,10H2,(H,16,19). The molecule has 2 aliphatic rings. The molecule has 5 heteroatoms. The van der Waals surface area contributed by atoms with Gasteiger partial charge in [-0.3, -0.25) is 0 Å². The van der Waals surface area contributed by atoms with Crippen LogP contribution in [0, 0.1) is 5.92 Å². The molecule has 3 rings (SSSR count). The first-order valence-corrected chi connectivity index (χ1v) is 7.35. The second kappa shape index (κ2) is 5.63. The van der Waals surface area contributed by atoms with Crippen LogP contribution < -0.4 is 5.32 Å². The van der Waals surface area contributed by atoms with E-state index in [-0.39, 0.29) is 6.03 Å². The predicted molar refractivity (Wildman–Crippen MR) is 72.7 cm³/mol. The third kappa shape index (κ3) is 2.74. The molecule has 0 radical (unpaired) electrons. The summed E-state index contributed by atoms with van der Waals surface area (Å²) in [7, 11) is 0. The van der Waals surface area contributed by atoms with Crippen molar-refractivity contribution in [2.45, 2.75) is 44.7 Å². The van der Waals surface area contributed by atoms with Gasteiger partial charge in [-0.2, -0.15) is 0 Å². The number of carbonyl (C=O) groups is 1. The van der Waals surface area contributed by atoms with Gasteiger partial charge in [0.25, 0.3) is 0 Å². The molecule has 1 aromatic heterocycles. The summed E-state index contributed by atoms with van der Waals surface area (Å²) < 4.78 is 1.98. The Bertz CT molecular complexity index is 413. The monoisotopic (exact) mass is 262 g/mol. The lowest BCUT2D eigenvalue weighted by molar-refractivity contribution is 0.139. The molecule has 1 aliphatic carbocycles. The van der Waals surface area contributed by atoms with Crippen molar-refractivity contribution in [2.75, 3.05) is 13.1 Å². The van der Waals surface area contributed by atoms with Crippen molar-refractivity contribution in [3.05, 3.63) is 18.7 Å². The molecule has 19 heavy (non-hydrogen) atoms. The fraction of sp³-hybridized carbons (Fsp3) is 0.714. The number of amides is 2. The van der Waals surface area contributed by atoms with Crippen LogP contribution in [0.25, 0.3) is 0 Å². The zero-order valence-electron chi connectivity index (χ0n) is 11.3. The minimum atomic E-state index is 0.120. The first kappa shape index (κ1) is 12.5. The number of nitrogens with one attached hydrogen (secondary N) is 1. The second-order valence-electron chi connectivity index (χ2n) is 5.63. The molecule has 1 aromatic rings. The SMILES string of the molecule is O=C(NCCn1ccnc1)N1CCCC1C1CCC1. The number of likely N-dealkylation sites (tertiary alicyclic amines) is 1. The van der Waals surface area contributed by atoms with Gasteiger partial charge in [0.1, 0.15) is 0 Å². The van der Waals surface area contributed by atoms with E-state index in [0.717, 1.165) is 25.4 Å². The van der Waals surface area contributed by atoms with Crippen LogP contribution in [0.2, 0.25) is 0 Å². The van der Waals surface area contributed by atoms with Crippen molar-refractivity contribution < 1.29 is 4.79 Å². The Balaban J connectivity index is 1.46. The summed E-state index contributed by atoms with van der Waals surface area (Å²) in [5.74, 6) is 0.766. The first-order valence-electron chi connectivity index (χ1n) is 7.35. The summed E-state index contributed by atoms with van der Waals surface area (Å²) in [6, 6.07) is 0.622. The van der Waals surface area contributed by atoms with Crippen LogP contribution in [0.3, 0.4) is 0 Å². The third-order valence-corrected chi connectivity index (χ3v) is 4.46. The number of urea groups is 1. The van der Waals surface area contributed by atoms with Crippen LogP contribution in [-0.2, 0) is 6.54 Å². The van der Waals surface area contributed by atoms with Gasteiger partial charge in [-0.05, 0) is 31.6 Å². The molecule has 1 aliphatic heterocycles. The van der Waals surface area contributed by atoms with Crippen LogP contribution >= 0.6 is 0 Å². The smallest absolute Gasteiger partial charge is 0.317 e. The lowest BCUT2D eigenvalue weighted by atomic mass is 9.79. The molecule has 104 valence electrons. The molecule has 1 atom stereocenters. The maximum atomic E-state index is 12.2. The van der Waals surface area contributed by atoms with E-state index in [4.69, 9.17) is 0 Å². The van der Waals surface area contributed by atoms with Crippen LogP contribution in [0.1, 0.15) is 32.1 Å². The van der Waals surface area contributed by atoms with Crippen molar-refractivity contribution in [3.63, 3.8) is 0 Å². The average molecular weight is 262 g/mol. The lowest BCUT2D eigenvalue weighted by Crippen LogP contribution is -2.47. The number of nitrogens with zero attached hydrogens (tertiary/aromatic N) is 3. The minimum absolute atomic E-state index is 0.120. The molecule has 0 aromatic carbocycles. The number of hydrogen-bond acceptors (Lipinski definition) is 2. The molecule has 2 amide bonds. The maximum absolute atomic E-state index is 12.2. The van der Waals surface area contributed by atoms with E-state index in [1.807, 2.05) is 10.8 Å². The molecule has 1 unspecified atom stereocenters. The van der Waals surface area contributed by atoms with Gasteiger partial charge in [0.15, 0.2) is 0 Å². The molecule has 1 N–H and O–H groups in total. The third-order valence-electron chi connectivity index (χ3n) is 4.46. The molecule has 2 heterocycles. The summed E-state index contributed by atoms with van der Waals surface area (Å²) in [6.45, 7) is 2.38. The van der Waals surface area contributed by atoms with E-state index in [2.05, 4.69) is 15.2 Å². The van der Waals surface area contributed by atoms with Crippen LogP contribution in [-0.4, -0.2) is 39.6 Å². The number of hydrogen-bond donors (Lipinski definition) is 1. The molecule has 1 saturated carbocycles. The van der Waals surface area contributed by atoms with E-state index < -0.39 is 0 Å². The van der Waals surface area contributed by atoms with Gasteiger partial charge >= 0.3 is 6.03 Å². The molecule has 1 saturated heterocycles. The summed E-state index contributed by atoms with van der Waals surface area (Å²) >= 11 is 0. The zero-order chi connectivity index (χ0) is 13.1. The Morgan fingerprint density at radius 1 is 1.32 bits per heavy atom. The van der Waals surface area contributed by atoms with Crippen LogP contribution in [0.4, 0.5) is 4.79 Å². The highest BCUT2D eigenvalue weighted by Crippen LogP contribution is 2.37. The van der Waals surface area contributed by atoms with E-state index >= 15 is 0 Å².